The van der Waals surface area contributed by atoms with Crippen LogP contribution in [0.15, 0.2) is 6.33 Å². The Morgan fingerprint density at radius 3 is 2.95 bits per heavy atom. The number of rotatable bonds is 3. The van der Waals surface area contributed by atoms with Gasteiger partial charge in [0.05, 0.1) is 6.33 Å². The van der Waals surface area contributed by atoms with E-state index in [2.05, 4.69) is 48.9 Å². The van der Waals surface area contributed by atoms with Gasteiger partial charge in [-0.1, -0.05) is 6.92 Å². The molecule has 1 aliphatic rings. The van der Waals surface area contributed by atoms with E-state index in [-0.39, 0.29) is 0 Å². The van der Waals surface area contributed by atoms with Gasteiger partial charge in [-0.25, -0.2) is 4.98 Å². The first kappa shape index (κ1) is 13.1. The summed E-state index contributed by atoms with van der Waals surface area (Å²) < 4.78 is 0. The van der Waals surface area contributed by atoms with Crippen molar-refractivity contribution in [3.05, 3.63) is 6.33 Å². The number of aromatic nitrogens is 4. The van der Waals surface area contributed by atoms with E-state index >= 15 is 0 Å². The number of nitrogens with zero attached hydrogens (tertiary/aromatic N) is 5. The van der Waals surface area contributed by atoms with Crippen LogP contribution in [0.3, 0.4) is 0 Å². The lowest BCUT2D eigenvalue weighted by molar-refractivity contribution is 0.199. The molecule has 108 valence electrons. The van der Waals surface area contributed by atoms with Crippen molar-refractivity contribution in [1.82, 2.24) is 24.8 Å². The third-order valence-electron chi connectivity index (χ3n) is 3.96. The van der Waals surface area contributed by atoms with Gasteiger partial charge in [-0.2, -0.15) is 9.97 Å². The summed E-state index contributed by atoms with van der Waals surface area (Å²) in [4.78, 5) is 21.2. The molecular weight excluding hydrogens is 254 g/mol. The second kappa shape index (κ2) is 5.24. The Morgan fingerprint density at radius 1 is 1.40 bits per heavy atom. The summed E-state index contributed by atoms with van der Waals surface area (Å²) in [5.41, 5.74) is 1.63. The first-order chi connectivity index (χ1) is 9.72. The fourth-order valence-corrected chi connectivity index (χ4v) is 2.82. The highest BCUT2D eigenvalue weighted by atomic mass is 15.3. The highest BCUT2D eigenvalue weighted by Crippen LogP contribution is 2.24. The number of piperazine rings is 1. The Kier molecular flexibility index (Phi) is 3.43. The SMILES string of the molecule is CCN1CCN(c2nc(NC)nc3nc[nH]c23)CC1C. The molecule has 1 atom stereocenters. The van der Waals surface area contributed by atoms with Crippen LogP contribution in [0.5, 0.6) is 0 Å². The van der Waals surface area contributed by atoms with Crippen LogP contribution in [0.25, 0.3) is 11.2 Å². The molecule has 0 amide bonds. The van der Waals surface area contributed by atoms with E-state index in [0.717, 1.165) is 37.5 Å². The number of likely N-dealkylation sites (N-methyl/N-ethyl adjacent to an activating group) is 1. The van der Waals surface area contributed by atoms with Crippen molar-refractivity contribution in [3.8, 4) is 0 Å². The molecule has 0 saturated carbocycles. The van der Waals surface area contributed by atoms with Crippen molar-refractivity contribution in [2.75, 3.05) is 43.4 Å². The number of nitrogens with one attached hydrogen (secondary N) is 2. The summed E-state index contributed by atoms with van der Waals surface area (Å²) in [7, 11) is 1.83. The molecule has 2 N–H and O–H groups in total. The smallest absolute Gasteiger partial charge is 0.226 e. The van der Waals surface area contributed by atoms with Crippen LogP contribution >= 0.6 is 0 Å². The molecule has 20 heavy (non-hydrogen) atoms. The van der Waals surface area contributed by atoms with Crippen LogP contribution in [0, 0.1) is 0 Å². The minimum Gasteiger partial charge on any atom is -0.357 e. The summed E-state index contributed by atoms with van der Waals surface area (Å²) in [5, 5.41) is 3.01. The lowest BCUT2D eigenvalue weighted by Gasteiger charge is -2.39. The van der Waals surface area contributed by atoms with Crippen LogP contribution in [-0.4, -0.2) is 64.1 Å². The van der Waals surface area contributed by atoms with E-state index < -0.39 is 0 Å². The molecule has 3 heterocycles. The molecule has 2 aromatic rings. The Labute approximate surface area is 118 Å². The quantitative estimate of drug-likeness (QED) is 0.868. The van der Waals surface area contributed by atoms with Crippen LogP contribution in [0.2, 0.25) is 0 Å². The second-order valence-corrected chi connectivity index (χ2v) is 5.15. The van der Waals surface area contributed by atoms with Crippen LogP contribution in [0.4, 0.5) is 11.8 Å². The van der Waals surface area contributed by atoms with Crippen LogP contribution < -0.4 is 10.2 Å². The largest absolute Gasteiger partial charge is 0.357 e. The molecule has 2 aromatic heterocycles. The average molecular weight is 275 g/mol. The minimum atomic E-state index is 0.528. The summed E-state index contributed by atoms with van der Waals surface area (Å²) in [6, 6.07) is 0.528. The molecular formula is C13H21N7. The zero-order valence-corrected chi connectivity index (χ0v) is 12.2. The molecule has 0 aliphatic carbocycles. The fourth-order valence-electron chi connectivity index (χ4n) is 2.82. The maximum Gasteiger partial charge on any atom is 0.226 e. The number of imidazole rings is 1. The Balaban J connectivity index is 1.95. The highest BCUT2D eigenvalue weighted by molar-refractivity contribution is 5.84. The maximum absolute atomic E-state index is 4.61. The topological polar surface area (TPSA) is 73.0 Å². The normalized spacial score (nSPS) is 20.6. The molecule has 0 aromatic carbocycles. The van der Waals surface area contributed by atoms with Crippen molar-refractivity contribution >= 4 is 22.9 Å². The predicted octanol–water partition coefficient (Wildman–Crippen LogP) is 0.925. The number of hydrogen-bond donors (Lipinski definition) is 2. The van der Waals surface area contributed by atoms with Gasteiger partial charge in [0.25, 0.3) is 0 Å². The Hall–Kier alpha value is -1.89. The zero-order valence-electron chi connectivity index (χ0n) is 12.2. The van der Waals surface area contributed by atoms with Gasteiger partial charge in [0, 0.05) is 32.7 Å². The number of H-pyrrole nitrogens is 1. The van der Waals surface area contributed by atoms with E-state index in [1.807, 2.05) is 7.05 Å². The molecule has 1 unspecified atom stereocenters. The molecule has 3 rings (SSSR count). The van der Waals surface area contributed by atoms with Crippen molar-refractivity contribution in [1.29, 1.82) is 0 Å². The van der Waals surface area contributed by atoms with Gasteiger partial charge in [-0.3, -0.25) is 4.90 Å². The Bertz CT molecular complexity index is 593. The zero-order chi connectivity index (χ0) is 14.1. The van der Waals surface area contributed by atoms with Crippen molar-refractivity contribution in [2.45, 2.75) is 19.9 Å². The van der Waals surface area contributed by atoms with E-state index in [1.165, 1.54) is 0 Å². The standard InChI is InChI=1S/C13H21N7/c1-4-19-5-6-20(7-9(19)2)12-10-11(16-8-15-10)17-13(14-3)18-12/h8-9H,4-7H2,1-3H3,(H2,14,15,16,17,18). The Morgan fingerprint density at radius 2 is 2.25 bits per heavy atom. The highest BCUT2D eigenvalue weighted by Gasteiger charge is 2.25. The lowest BCUT2D eigenvalue weighted by Crippen LogP contribution is -2.52. The maximum atomic E-state index is 4.61. The first-order valence-electron chi connectivity index (χ1n) is 7.10. The summed E-state index contributed by atoms with van der Waals surface area (Å²) in [6.07, 6.45) is 1.67. The number of aromatic amines is 1. The monoisotopic (exact) mass is 275 g/mol. The molecule has 0 bridgehead atoms. The summed E-state index contributed by atoms with van der Waals surface area (Å²) in [5.74, 6) is 1.56. The third kappa shape index (κ3) is 2.18. The van der Waals surface area contributed by atoms with Crippen LogP contribution in [-0.2, 0) is 0 Å². The van der Waals surface area contributed by atoms with Crippen LogP contribution in [0.1, 0.15) is 13.8 Å². The molecule has 0 spiro atoms. The summed E-state index contributed by atoms with van der Waals surface area (Å²) >= 11 is 0. The van der Waals surface area contributed by atoms with E-state index in [4.69, 9.17) is 0 Å². The number of fused-ring (bicyclic) bond motifs is 1. The first-order valence-corrected chi connectivity index (χ1v) is 7.10. The van der Waals surface area contributed by atoms with Crippen molar-refractivity contribution < 1.29 is 0 Å². The number of hydrogen-bond acceptors (Lipinski definition) is 6. The van der Waals surface area contributed by atoms with Gasteiger partial charge >= 0.3 is 0 Å². The van der Waals surface area contributed by atoms with Gasteiger partial charge in [-0.15, -0.1) is 0 Å². The molecule has 1 saturated heterocycles. The molecule has 1 aliphatic heterocycles. The molecule has 7 nitrogen and oxygen atoms in total. The minimum absolute atomic E-state index is 0.528. The van der Waals surface area contributed by atoms with Crippen molar-refractivity contribution in [2.24, 2.45) is 0 Å². The predicted molar refractivity (Wildman–Crippen MR) is 80.2 cm³/mol. The fraction of sp³-hybridized carbons (Fsp3) is 0.615. The number of anilines is 2. The average Bonchev–Trinajstić information content (AvgIpc) is 2.94. The summed E-state index contributed by atoms with van der Waals surface area (Å²) in [6.45, 7) is 8.59. The molecule has 7 heteroatoms. The van der Waals surface area contributed by atoms with E-state index in [0.29, 0.717) is 17.6 Å². The lowest BCUT2D eigenvalue weighted by atomic mass is 10.2. The molecule has 0 radical (unpaired) electrons. The van der Waals surface area contributed by atoms with Gasteiger partial charge in [-0.05, 0) is 13.5 Å². The van der Waals surface area contributed by atoms with Gasteiger partial charge < -0.3 is 15.2 Å². The van der Waals surface area contributed by atoms with Gasteiger partial charge in [0.1, 0.15) is 5.52 Å². The molecule has 1 fully saturated rings. The van der Waals surface area contributed by atoms with Gasteiger partial charge in [0.15, 0.2) is 11.5 Å². The second-order valence-electron chi connectivity index (χ2n) is 5.15. The van der Waals surface area contributed by atoms with E-state index in [1.54, 1.807) is 6.33 Å². The van der Waals surface area contributed by atoms with E-state index in [9.17, 15) is 0 Å². The van der Waals surface area contributed by atoms with Crippen molar-refractivity contribution in [3.63, 3.8) is 0 Å². The van der Waals surface area contributed by atoms with Gasteiger partial charge in [0.2, 0.25) is 5.95 Å². The third-order valence-corrected chi connectivity index (χ3v) is 3.96.